The zero-order valence-corrected chi connectivity index (χ0v) is 14.6. The van der Waals surface area contributed by atoms with Crippen LogP contribution in [0.4, 0.5) is 0 Å². The van der Waals surface area contributed by atoms with Crippen LogP contribution in [-0.4, -0.2) is 29.5 Å². The molecule has 0 aliphatic carbocycles. The van der Waals surface area contributed by atoms with E-state index in [1.54, 1.807) is 37.3 Å². The lowest BCUT2D eigenvalue weighted by Crippen LogP contribution is -2.32. The summed E-state index contributed by atoms with van der Waals surface area (Å²) >= 11 is 5.90. The summed E-state index contributed by atoms with van der Waals surface area (Å²) < 4.78 is 11.7. The van der Waals surface area contributed by atoms with Crippen LogP contribution in [0.2, 0.25) is 5.02 Å². The Hall–Kier alpha value is -2.73. The molecule has 7 heteroatoms. The molecular weight excluding hydrogens is 344 g/mol. The number of halogens is 1. The molecule has 0 saturated heterocycles. The Balaban J connectivity index is 1.80. The highest BCUT2D eigenvalue weighted by molar-refractivity contribution is 6.31. The zero-order valence-electron chi connectivity index (χ0n) is 13.9. The molecule has 0 atom stereocenters. The summed E-state index contributed by atoms with van der Waals surface area (Å²) in [6.07, 6.45) is 0. The number of methoxy groups -OCH3 is 1. The predicted molar refractivity (Wildman–Crippen MR) is 95.0 cm³/mol. The first-order valence-electron chi connectivity index (χ1n) is 7.64. The van der Waals surface area contributed by atoms with Crippen LogP contribution in [-0.2, 0) is 17.9 Å². The van der Waals surface area contributed by atoms with Crippen molar-refractivity contribution in [2.45, 2.75) is 13.1 Å². The summed E-state index contributed by atoms with van der Waals surface area (Å²) in [5.41, 5.74) is 1.78. The molecule has 0 aliphatic heterocycles. The van der Waals surface area contributed by atoms with Gasteiger partial charge < -0.3 is 14.1 Å². The Labute approximate surface area is 149 Å². The highest BCUT2D eigenvalue weighted by Crippen LogP contribution is 2.20. The van der Waals surface area contributed by atoms with E-state index < -0.39 is 5.76 Å². The highest BCUT2D eigenvalue weighted by Gasteiger charge is 2.17. The fourth-order valence-corrected chi connectivity index (χ4v) is 2.79. The Morgan fingerprint density at radius 1 is 1.28 bits per heavy atom. The van der Waals surface area contributed by atoms with Gasteiger partial charge in [0.25, 0.3) is 0 Å². The fraction of sp³-hybridized carbons (Fsp3) is 0.222. The molecule has 1 heterocycles. The van der Waals surface area contributed by atoms with Gasteiger partial charge in [-0.2, -0.15) is 0 Å². The van der Waals surface area contributed by atoms with Gasteiger partial charge in [-0.25, -0.2) is 4.79 Å². The molecule has 2 aromatic carbocycles. The molecule has 0 fully saturated rings. The molecule has 6 nitrogen and oxygen atoms in total. The van der Waals surface area contributed by atoms with Gasteiger partial charge in [-0.15, -0.1) is 0 Å². The summed E-state index contributed by atoms with van der Waals surface area (Å²) in [4.78, 5) is 26.1. The van der Waals surface area contributed by atoms with E-state index in [4.69, 9.17) is 20.8 Å². The zero-order chi connectivity index (χ0) is 18.0. The summed E-state index contributed by atoms with van der Waals surface area (Å²) in [5, 5.41) is 0.466. The quantitative estimate of drug-likeness (QED) is 0.701. The Kier molecular flexibility index (Phi) is 4.81. The number of hydrogen-bond acceptors (Lipinski definition) is 4. The standard InChI is InChI=1S/C18H17ClN2O4/c1-20(10-12-5-3-4-6-15(12)24-2)17(22)11-21-14-8-7-13(19)9-16(14)25-18(21)23/h3-9H,10-11H2,1-2H3. The number of aromatic nitrogens is 1. The molecule has 3 rings (SSSR count). The van der Waals surface area contributed by atoms with Gasteiger partial charge >= 0.3 is 5.76 Å². The molecule has 25 heavy (non-hydrogen) atoms. The Morgan fingerprint density at radius 3 is 2.80 bits per heavy atom. The fourth-order valence-electron chi connectivity index (χ4n) is 2.62. The molecule has 3 aromatic rings. The van der Waals surface area contributed by atoms with Crippen molar-refractivity contribution in [2.24, 2.45) is 0 Å². The van der Waals surface area contributed by atoms with Crippen molar-refractivity contribution < 1.29 is 13.9 Å². The van der Waals surface area contributed by atoms with Crippen LogP contribution in [0.1, 0.15) is 5.56 Å². The molecule has 1 aromatic heterocycles. The monoisotopic (exact) mass is 360 g/mol. The number of amides is 1. The molecule has 0 unspecified atom stereocenters. The lowest BCUT2D eigenvalue weighted by Gasteiger charge is -2.19. The molecule has 0 saturated carbocycles. The number of likely N-dealkylation sites (N-methyl/N-ethyl adjacent to an activating group) is 1. The van der Waals surface area contributed by atoms with Gasteiger partial charge in [0.05, 0.1) is 12.6 Å². The lowest BCUT2D eigenvalue weighted by atomic mass is 10.2. The van der Waals surface area contributed by atoms with Crippen molar-refractivity contribution in [1.82, 2.24) is 9.47 Å². The maximum Gasteiger partial charge on any atom is 0.420 e. The Morgan fingerprint density at radius 2 is 2.04 bits per heavy atom. The topological polar surface area (TPSA) is 64.7 Å². The predicted octanol–water partition coefficient (Wildman–Crippen LogP) is 2.92. The van der Waals surface area contributed by atoms with E-state index in [0.717, 1.165) is 5.56 Å². The number of carbonyl (C=O) groups excluding carboxylic acids is 1. The normalized spacial score (nSPS) is 10.8. The largest absolute Gasteiger partial charge is 0.496 e. The average Bonchev–Trinajstić information content (AvgIpc) is 2.89. The molecule has 0 spiro atoms. The number of hydrogen-bond donors (Lipinski definition) is 0. The van der Waals surface area contributed by atoms with Crippen LogP contribution in [0, 0.1) is 0 Å². The second-order valence-corrected chi connectivity index (χ2v) is 6.06. The van der Waals surface area contributed by atoms with E-state index in [-0.39, 0.29) is 12.5 Å². The molecule has 0 radical (unpaired) electrons. The van der Waals surface area contributed by atoms with Crippen molar-refractivity contribution in [1.29, 1.82) is 0 Å². The minimum Gasteiger partial charge on any atom is -0.496 e. The average molecular weight is 361 g/mol. The number of oxazole rings is 1. The van der Waals surface area contributed by atoms with Crippen LogP contribution in [0.25, 0.3) is 11.1 Å². The first kappa shape index (κ1) is 17.1. The van der Waals surface area contributed by atoms with Crippen molar-refractivity contribution >= 4 is 28.6 Å². The third-order valence-corrected chi connectivity index (χ3v) is 4.18. The first-order valence-corrected chi connectivity index (χ1v) is 8.02. The van der Waals surface area contributed by atoms with Gasteiger partial charge in [0.1, 0.15) is 12.3 Å². The number of ether oxygens (including phenoxy) is 1. The van der Waals surface area contributed by atoms with Gasteiger partial charge in [-0.1, -0.05) is 29.8 Å². The third kappa shape index (κ3) is 3.53. The summed E-state index contributed by atoms with van der Waals surface area (Å²) in [7, 11) is 3.27. The first-order chi connectivity index (χ1) is 12.0. The van der Waals surface area contributed by atoms with Crippen molar-refractivity contribution in [3.05, 3.63) is 63.6 Å². The van der Waals surface area contributed by atoms with Crippen LogP contribution < -0.4 is 10.5 Å². The van der Waals surface area contributed by atoms with Gasteiger partial charge in [-0.3, -0.25) is 9.36 Å². The second-order valence-electron chi connectivity index (χ2n) is 5.63. The Bertz CT molecular complexity index is 977. The molecule has 0 N–H and O–H groups in total. The van der Waals surface area contributed by atoms with E-state index in [0.29, 0.717) is 28.4 Å². The van der Waals surface area contributed by atoms with Crippen molar-refractivity contribution in [2.75, 3.05) is 14.2 Å². The molecule has 1 amide bonds. The number of fused-ring (bicyclic) bond motifs is 1. The molecule has 130 valence electrons. The second kappa shape index (κ2) is 7.03. The minimum absolute atomic E-state index is 0.112. The lowest BCUT2D eigenvalue weighted by molar-refractivity contribution is -0.131. The maximum absolute atomic E-state index is 12.5. The van der Waals surface area contributed by atoms with Crippen LogP contribution in [0.3, 0.4) is 0 Å². The molecule has 0 aliphatic rings. The summed E-state index contributed by atoms with van der Waals surface area (Å²) in [5.74, 6) is -0.0929. The number of nitrogens with zero attached hydrogens (tertiary/aromatic N) is 2. The van der Waals surface area contributed by atoms with Crippen molar-refractivity contribution in [3.63, 3.8) is 0 Å². The van der Waals surface area contributed by atoms with Crippen LogP contribution >= 0.6 is 11.6 Å². The summed E-state index contributed by atoms with van der Waals surface area (Å²) in [6, 6.07) is 12.3. The van der Waals surface area contributed by atoms with E-state index in [1.807, 2.05) is 24.3 Å². The molecular formula is C18H17ClN2O4. The number of rotatable bonds is 5. The maximum atomic E-state index is 12.5. The minimum atomic E-state index is -0.587. The van der Waals surface area contributed by atoms with Gasteiger partial charge in [-0.05, 0) is 18.2 Å². The summed E-state index contributed by atoms with van der Waals surface area (Å²) in [6.45, 7) is 0.262. The van der Waals surface area contributed by atoms with Crippen LogP contribution in [0.5, 0.6) is 5.75 Å². The molecule has 0 bridgehead atoms. The van der Waals surface area contributed by atoms with E-state index in [1.165, 1.54) is 4.57 Å². The number of benzene rings is 2. The third-order valence-electron chi connectivity index (χ3n) is 3.95. The number of para-hydroxylation sites is 1. The van der Waals surface area contributed by atoms with Gasteiger partial charge in [0, 0.05) is 30.2 Å². The van der Waals surface area contributed by atoms with E-state index in [9.17, 15) is 9.59 Å². The number of carbonyl (C=O) groups is 1. The SMILES string of the molecule is COc1ccccc1CN(C)C(=O)Cn1c(=O)oc2cc(Cl)ccc21. The van der Waals surface area contributed by atoms with Gasteiger partial charge in [0.15, 0.2) is 5.58 Å². The van der Waals surface area contributed by atoms with E-state index in [2.05, 4.69) is 0 Å². The van der Waals surface area contributed by atoms with E-state index >= 15 is 0 Å². The van der Waals surface area contributed by atoms with Gasteiger partial charge in [0.2, 0.25) is 5.91 Å². The van der Waals surface area contributed by atoms with Crippen LogP contribution in [0.15, 0.2) is 51.7 Å². The highest BCUT2D eigenvalue weighted by atomic mass is 35.5. The van der Waals surface area contributed by atoms with Crippen molar-refractivity contribution in [3.8, 4) is 5.75 Å². The smallest absolute Gasteiger partial charge is 0.420 e.